The Labute approximate surface area is 217 Å². The summed E-state index contributed by atoms with van der Waals surface area (Å²) in [4.78, 5) is 12.4. The first kappa shape index (κ1) is 22.0. The Morgan fingerprint density at radius 3 is 2.54 bits per heavy atom. The van der Waals surface area contributed by atoms with Crippen LogP contribution in [0.2, 0.25) is 0 Å². The number of hydrogen-bond donors (Lipinski definition) is 0. The van der Waals surface area contributed by atoms with Crippen molar-refractivity contribution in [2.24, 2.45) is 5.92 Å². The molecule has 0 N–H and O–H groups in total. The van der Waals surface area contributed by atoms with Gasteiger partial charge in [0.25, 0.3) is 11.4 Å². The minimum Gasteiger partial charge on any atom is -0.545 e. The standard InChI is InChI=1S/C32H34N2O3/c35-32(36)24-14-2-1-13-23(24)29-25-17-21-11-3-7-19-9-5-15-27(33(19)21)30(25)37-31-26(29)18-22-12-4-8-20-10-6-16-28(31)34(20)22/h1-2,13-14,17-20,25,30H,3-12,15-16H2/q+2. The molecule has 5 nitrogen and oxygen atoms in total. The van der Waals surface area contributed by atoms with Gasteiger partial charge in [0.2, 0.25) is 0 Å². The highest BCUT2D eigenvalue weighted by molar-refractivity contribution is 5.96. The largest absolute Gasteiger partial charge is 0.545 e. The van der Waals surface area contributed by atoms with Crippen LogP contribution in [0.3, 0.4) is 0 Å². The average Bonchev–Trinajstić information content (AvgIpc) is 2.93. The van der Waals surface area contributed by atoms with Crippen LogP contribution in [0.4, 0.5) is 0 Å². The summed E-state index contributed by atoms with van der Waals surface area (Å²) in [7, 11) is 0. The molecule has 6 aliphatic heterocycles. The van der Waals surface area contributed by atoms with Crippen LogP contribution >= 0.6 is 0 Å². The van der Waals surface area contributed by atoms with E-state index in [1.807, 2.05) is 18.2 Å². The second kappa shape index (κ2) is 8.21. The lowest BCUT2D eigenvalue weighted by Crippen LogP contribution is -2.60. The van der Waals surface area contributed by atoms with Gasteiger partial charge in [-0.3, -0.25) is 0 Å². The zero-order chi connectivity index (χ0) is 24.7. The molecule has 0 saturated carbocycles. The fourth-order valence-corrected chi connectivity index (χ4v) is 8.56. The number of rotatable bonds is 2. The minimum atomic E-state index is -1.10. The van der Waals surface area contributed by atoms with Gasteiger partial charge in [0.1, 0.15) is 5.92 Å². The van der Waals surface area contributed by atoms with Gasteiger partial charge in [0, 0.05) is 69.1 Å². The molecule has 5 heteroatoms. The van der Waals surface area contributed by atoms with E-state index in [9.17, 15) is 9.90 Å². The van der Waals surface area contributed by atoms with E-state index in [-0.39, 0.29) is 17.6 Å². The molecule has 7 heterocycles. The third-order valence-corrected chi connectivity index (χ3v) is 9.96. The summed E-state index contributed by atoms with van der Waals surface area (Å²) >= 11 is 0. The third kappa shape index (κ3) is 3.15. The molecule has 1 aromatic heterocycles. The average molecular weight is 495 g/mol. The zero-order valence-electron chi connectivity index (χ0n) is 21.4. The molecule has 4 atom stereocenters. The van der Waals surface area contributed by atoms with Crippen molar-refractivity contribution < 1.29 is 19.0 Å². The van der Waals surface area contributed by atoms with E-state index < -0.39 is 5.97 Å². The van der Waals surface area contributed by atoms with Gasteiger partial charge in [-0.25, -0.2) is 4.42 Å². The van der Waals surface area contributed by atoms with Crippen molar-refractivity contribution >= 4 is 17.3 Å². The summed E-state index contributed by atoms with van der Waals surface area (Å²) in [5, 5.41) is 13.5. The fourth-order valence-electron chi connectivity index (χ4n) is 8.56. The number of nitrogens with zero attached hydrogens (tertiary/aromatic N) is 2. The van der Waals surface area contributed by atoms with Crippen LogP contribution < -0.4 is 20.3 Å². The van der Waals surface area contributed by atoms with Gasteiger partial charge in [-0.1, -0.05) is 24.3 Å². The number of carbonyl (C=O) groups excluding carboxylic acids is 1. The lowest BCUT2D eigenvalue weighted by atomic mass is 9.75. The zero-order valence-corrected chi connectivity index (χ0v) is 21.4. The van der Waals surface area contributed by atoms with Gasteiger partial charge in [-0.2, -0.15) is 9.14 Å². The van der Waals surface area contributed by atoms with Crippen molar-refractivity contribution in [1.82, 2.24) is 0 Å². The number of benzene rings is 1. The number of aromatic nitrogens is 1. The molecule has 8 rings (SSSR count). The number of aryl methyl sites for hydroxylation is 1. The maximum atomic E-state index is 12.4. The van der Waals surface area contributed by atoms with Gasteiger partial charge in [0.05, 0.1) is 11.2 Å². The topological polar surface area (TPSA) is 58.3 Å². The molecule has 188 valence electrons. The predicted molar refractivity (Wildman–Crippen MR) is 138 cm³/mol. The second-order valence-corrected chi connectivity index (χ2v) is 11.9. The summed E-state index contributed by atoms with van der Waals surface area (Å²) < 4.78 is 12.4. The number of fused-ring (bicyclic) bond motifs is 4. The molecular formula is C32H34N2O3+2. The summed E-state index contributed by atoms with van der Waals surface area (Å²) in [5.41, 5.74) is 8.82. The molecule has 2 aromatic rings. The van der Waals surface area contributed by atoms with Crippen LogP contribution in [-0.2, 0) is 12.8 Å². The van der Waals surface area contributed by atoms with E-state index in [1.165, 1.54) is 74.2 Å². The summed E-state index contributed by atoms with van der Waals surface area (Å²) in [6, 6.07) is 11.0. The van der Waals surface area contributed by atoms with Crippen molar-refractivity contribution in [3.8, 4) is 0 Å². The predicted octanol–water partition coefficient (Wildman–Crippen LogP) is 2.45. The molecule has 0 amide bonds. The Morgan fingerprint density at radius 2 is 1.68 bits per heavy atom. The van der Waals surface area contributed by atoms with Crippen molar-refractivity contribution in [1.29, 1.82) is 0 Å². The lowest BCUT2D eigenvalue weighted by Gasteiger charge is -2.34. The number of allylic oxidation sites excluding steroid dienone is 1. The van der Waals surface area contributed by atoms with Crippen molar-refractivity contribution in [2.75, 3.05) is 0 Å². The van der Waals surface area contributed by atoms with Crippen LogP contribution in [-0.4, -0.2) is 28.4 Å². The van der Waals surface area contributed by atoms with Crippen molar-refractivity contribution in [3.63, 3.8) is 0 Å². The highest BCUT2D eigenvalue weighted by Crippen LogP contribution is 2.41. The Hall–Kier alpha value is -3.08. The van der Waals surface area contributed by atoms with Crippen LogP contribution in [0.15, 0.2) is 46.5 Å². The van der Waals surface area contributed by atoms with Crippen molar-refractivity contribution in [3.05, 3.63) is 79.7 Å². The van der Waals surface area contributed by atoms with Gasteiger partial charge in [-0.05, 0) is 36.8 Å². The SMILES string of the molecule is O=C([O-])c1ccccc1C1=c2cc3[n+]4c(c2=[O+]C2C5=[N+]6C(=CC12)CCCC6CCC5)CCCC4CCC3. The van der Waals surface area contributed by atoms with Gasteiger partial charge in [0.15, 0.2) is 23.5 Å². The Morgan fingerprint density at radius 1 is 0.919 bits per heavy atom. The van der Waals surface area contributed by atoms with E-state index in [4.69, 9.17) is 4.42 Å². The molecule has 1 aromatic carbocycles. The number of pyridine rings is 1. The quantitative estimate of drug-likeness (QED) is 0.476. The normalized spacial score (nSPS) is 29.3. The first-order valence-corrected chi connectivity index (χ1v) is 14.5. The van der Waals surface area contributed by atoms with Gasteiger partial charge in [-0.15, -0.1) is 0 Å². The third-order valence-electron chi connectivity index (χ3n) is 9.96. The van der Waals surface area contributed by atoms with Crippen LogP contribution in [0.1, 0.15) is 97.6 Å². The van der Waals surface area contributed by atoms with Gasteiger partial charge >= 0.3 is 11.5 Å². The Balaban J connectivity index is 1.49. The maximum Gasteiger partial charge on any atom is 0.418 e. The lowest BCUT2D eigenvalue weighted by molar-refractivity contribution is -0.748. The number of carbonyl (C=O) groups is 1. The van der Waals surface area contributed by atoms with Crippen molar-refractivity contribution in [2.45, 2.75) is 95.2 Å². The Bertz CT molecular complexity index is 1550. The molecule has 4 unspecified atom stereocenters. The number of carboxylic acids is 1. The van der Waals surface area contributed by atoms with E-state index in [0.29, 0.717) is 12.1 Å². The van der Waals surface area contributed by atoms with E-state index >= 15 is 0 Å². The maximum absolute atomic E-state index is 12.4. The second-order valence-electron chi connectivity index (χ2n) is 11.9. The summed E-state index contributed by atoms with van der Waals surface area (Å²) in [6.07, 6.45) is 16.5. The van der Waals surface area contributed by atoms with E-state index in [2.05, 4.69) is 21.3 Å². The molecule has 37 heavy (non-hydrogen) atoms. The molecular weight excluding hydrogens is 460 g/mol. The molecule has 0 bridgehead atoms. The number of aromatic carboxylic acids is 1. The smallest absolute Gasteiger partial charge is 0.418 e. The molecule has 0 aliphatic carbocycles. The summed E-state index contributed by atoms with van der Waals surface area (Å²) in [5.74, 6) is -1.08. The molecule has 1 fully saturated rings. The summed E-state index contributed by atoms with van der Waals surface area (Å²) in [6.45, 7) is 0. The fraction of sp³-hybridized carbons (Fsp3) is 0.500. The first-order valence-electron chi connectivity index (χ1n) is 14.5. The first-order chi connectivity index (χ1) is 18.2. The van der Waals surface area contributed by atoms with Crippen LogP contribution in [0, 0.1) is 5.92 Å². The van der Waals surface area contributed by atoms with Crippen LogP contribution in [0.25, 0.3) is 5.57 Å². The molecule has 0 spiro atoms. The minimum absolute atomic E-state index is 0.0179. The Kier molecular flexibility index (Phi) is 4.87. The molecule has 6 aliphatic rings. The van der Waals surface area contributed by atoms with E-state index in [0.717, 1.165) is 47.5 Å². The molecule has 1 saturated heterocycles. The van der Waals surface area contributed by atoms with E-state index in [1.54, 1.807) is 6.07 Å². The highest BCUT2D eigenvalue weighted by Gasteiger charge is 2.54. The highest BCUT2D eigenvalue weighted by atomic mass is 16.4. The monoisotopic (exact) mass is 494 g/mol. The van der Waals surface area contributed by atoms with Gasteiger partial charge < -0.3 is 9.90 Å². The molecule has 0 radical (unpaired) electrons. The number of carboxylic acid groups (broad SMARTS) is 1. The number of hydrogen-bond acceptors (Lipinski definition) is 2. The van der Waals surface area contributed by atoms with Crippen LogP contribution in [0.5, 0.6) is 0 Å². The number of piperidine rings is 1.